The SMILES string of the molecule is CCOCCC(CBr)CBr. The first-order valence-corrected chi connectivity index (χ1v) is 5.79. The Morgan fingerprint density at radius 1 is 1.30 bits per heavy atom. The highest BCUT2D eigenvalue weighted by Crippen LogP contribution is 2.09. The molecule has 0 fully saturated rings. The number of hydrogen-bond donors (Lipinski definition) is 0. The molecule has 0 bridgehead atoms. The van der Waals surface area contributed by atoms with E-state index in [2.05, 4.69) is 31.9 Å². The summed E-state index contributed by atoms with van der Waals surface area (Å²) in [6, 6.07) is 0. The number of halogens is 2. The van der Waals surface area contributed by atoms with Gasteiger partial charge in [-0.2, -0.15) is 0 Å². The summed E-state index contributed by atoms with van der Waals surface area (Å²) >= 11 is 6.89. The minimum absolute atomic E-state index is 0.714. The topological polar surface area (TPSA) is 9.23 Å². The second-order valence-electron chi connectivity index (χ2n) is 2.16. The normalized spacial score (nSPS) is 10.8. The Labute approximate surface area is 79.8 Å². The van der Waals surface area contributed by atoms with Crippen molar-refractivity contribution in [2.24, 2.45) is 5.92 Å². The van der Waals surface area contributed by atoms with Crippen LogP contribution in [0.2, 0.25) is 0 Å². The lowest BCUT2D eigenvalue weighted by Crippen LogP contribution is -2.07. The quantitative estimate of drug-likeness (QED) is 0.534. The second kappa shape index (κ2) is 8.02. The predicted molar refractivity (Wildman–Crippen MR) is 52.2 cm³/mol. The maximum atomic E-state index is 5.23. The van der Waals surface area contributed by atoms with Crippen molar-refractivity contribution in [1.29, 1.82) is 0 Å². The van der Waals surface area contributed by atoms with Crippen LogP contribution in [0.4, 0.5) is 0 Å². The Morgan fingerprint density at radius 2 is 1.90 bits per heavy atom. The molecule has 0 unspecified atom stereocenters. The van der Waals surface area contributed by atoms with Gasteiger partial charge in [0.2, 0.25) is 0 Å². The zero-order valence-corrected chi connectivity index (χ0v) is 9.45. The van der Waals surface area contributed by atoms with Crippen molar-refractivity contribution in [3.05, 3.63) is 0 Å². The third kappa shape index (κ3) is 5.69. The van der Waals surface area contributed by atoms with Crippen LogP contribution in [0.5, 0.6) is 0 Å². The molecule has 10 heavy (non-hydrogen) atoms. The predicted octanol–water partition coefficient (Wildman–Crippen LogP) is 2.82. The summed E-state index contributed by atoms with van der Waals surface area (Å²) < 4.78 is 5.23. The standard InChI is InChI=1S/C7H14Br2O/c1-2-10-4-3-7(5-8)6-9/h7H,2-6H2,1H3. The first kappa shape index (κ1) is 10.9. The Hall–Kier alpha value is 0.920. The molecule has 0 atom stereocenters. The minimum Gasteiger partial charge on any atom is -0.382 e. The van der Waals surface area contributed by atoms with Gasteiger partial charge in [-0.15, -0.1) is 0 Å². The van der Waals surface area contributed by atoms with E-state index in [9.17, 15) is 0 Å². The fraction of sp³-hybridized carbons (Fsp3) is 1.00. The van der Waals surface area contributed by atoms with E-state index in [4.69, 9.17) is 4.74 Å². The van der Waals surface area contributed by atoms with E-state index >= 15 is 0 Å². The van der Waals surface area contributed by atoms with Crippen LogP contribution in [0, 0.1) is 5.92 Å². The van der Waals surface area contributed by atoms with E-state index in [0.29, 0.717) is 5.92 Å². The molecule has 0 aromatic rings. The molecular formula is C7H14Br2O. The van der Waals surface area contributed by atoms with Crippen molar-refractivity contribution >= 4 is 31.9 Å². The maximum Gasteiger partial charge on any atom is 0.0469 e. The Balaban J connectivity index is 3.09. The van der Waals surface area contributed by atoms with E-state index < -0.39 is 0 Å². The highest BCUT2D eigenvalue weighted by molar-refractivity contribution is 9.09. The summed E-state index contributed by atoms with van der Waals surface area (Å²) in [4.78, 5) is 0. The van der Waals surface area contributed by atoms with Gasteiger partial charge in [-0.05, 0) is 19.3 Å². The Bertz CT molecular complexity index is 64.6. The van der Waals surface area contributed by atoms with Crippen LogP contribution in [-0.2, 0) is 4.74 Å². The summed E-state index contributed by atoms with van der Waals surface area (Å²) in [5.41, 5.74) is 0. The van der Waals surface area contributed by atoms with Gasteiger partial charge in [-0.3, -0.25) is 0 Å². The van der Waals surface area contributed by atoms with Crippen LogP contribution < -0.4 is 0 Å². The third-order valence-corrected chi connectivity index (χ3v) is 3.14. The van der Waals surface area contributed by atoms with Crippen LogP contribution in [0.25, 0.3) is 0 Å². The van der Waals surface area contributed by atoms with Crippen LogP contribution in [-0.4, -0.2) is 23.9 Å². The fourth-order valence-corrected chi connectivity index (χ4v) is 2.31. The minimum atomic E-state index is 0.714. The van der Waals surface area contributed by atoms with E-state index in [-0.39, 0.29) is 0 Å². The molecule has 0 amide bonds. The van der Waals surface area contributed by atoms with Gasteiger partial charge >= 0.3 is 0 Å². The van der Waals surface area contributed by atoms with Crippen molar-refractivity contribution in [2.45, 2.75) is 13.3 Å². The van der Waals surface area contributed by atoms with E-state index in [1.807, 2.05) is 6.92 Å². The average molecular weight is 274 g/mol. The summed E-state index contributed by atoms with van der Waals surface area (Å²) in [7, 11) is 0. The highest BCUT2D eigenvalue weighted by atomic mass is 79.9. The van der Waals surface area contributed by atoms with E-state index in [0.717, 1.165) is 30.3 Å². The van der Waals surface area contributed by atoms with Gasteiger partial charge in [0.1, 0.15) is 0 Å². The molecule has 0 heterocycles. The number of alkyl halides is 2. The molecule has 0 aromatic heterocycles. The molecule has 0 aliphatic carbocycles. The average Bonchev–Trinajstić information content (AvgIpc) is 1.99. The van der Waals surface area contributed by atoms with Gasteiger partial charge in [-0.25, -0.2) is 0 Å². The van der Waals surface area contributed by atoms with Crippen LogP contribution in [0.15, 0.2) is 0 Å². The highest BCUT2D eigenvalue weighted by Gasteiger charge is 2.03. The molecular weight excluding hydrogens is 260 g/mol. The van der Waals surface area contributed by atoms with Crippen LogP contribution >= 0.6 is 31.9 Å². The zero-order chi connectivity index (χ0) is 7.82. The van der Waals surface area contributed by atoms with E-state index in [1.165, 1.54) is 0 Å². The summed E-state index contributed by atoms with van der Waals surface area (Å²) in [5, 5.41) is 2.12. The molecule has 0 saturated carbocycles. The Kier molecular flexibility index (Phi) is 8.76. The zero-order valence-electron chi connectivity index (χ0n) is 6.28. The fourth-order valence-electron chi connectivity index (χ4n) is 0.590. The number of ether oxygens (including phenoxy) is 1. The first-order chi connectivity index (χ1) is 4.85. The number of rotatable bonds is 6. The lowest BCUT2D eigenvalue weighted by atomic mass is 10.1. The lowest BCUT2D eigenvalue weighted by Gasteiger charge is -2.08. The number of hydrogen-bond acceptors (Lipinski definition) is 1. The second-order valence-corrected chi connectivity index (χ2v) is 3.46. The van der Waals surface area contributed by atoms with Gasteiger partial charge in [0.05, 0.1) is 0 Å². The molecule has 0 rings (SSSR count). The van der Waals surface area contributed by atoms with Crippen molar-refractivity contribution in [2.75, 3.05) is 23.9 Å². The molecule has 0 N–H and O–H groups in total. The largest absolute Gasteiger partial charge is 0.382 e. The van der Waals surface area contributed by atoms with Gasteiger partial charge in [0.25, 0.3) is 0 Å². The molecule has 0 aliphatic rings. The molecule has 0 saturated heterocycles. The molecule has 0 aromatic carbocycles. The van der Waals surface area contributed by atoms with Gasteiger partial charge in [0, 0.05) is 23.9 Å². The molecule has 3 heteroatoms. The van der Waals surface area contributed by atoms with Crippen molar-refractivity contribution in [3.8, 4) is 0 Å². The van der Waals surface area contributed by atoms with Crippen molar-refractivity contribution < 1.29 is 4.74 Å². The van der Waals surface area contributed by atoms with E-state index in [1.54, 1.807) is 0 Å². The molecule has 1 nitrogen and oxygen atoms in total. The van der Waals surface area contributed by atoms with Crippen LogP contribution in [0.1, 0.15) is 13.3 Å². The molecule has 62 valence electrons. The van der Waals surface area contributed by atoms with Crippen molar-refractivity contribution in [3.63, 3.8) is 0 Å². The smallest absolute Gasteiger partial charge is 0.0469 e. The molecule has 0 spiro atoms. The van der Waals surface area contributed by atoms with Crippen LogP contribution in [0.3, 0.4) is 0 Å². The van der Waals surface area contributed by atoms with Gasteiger partial charge < -0.3 is 4.74 Å². The monoisotopic (exact) mass is 272 g/mol. The maximum absolute atomic E-state index is 5.23. The summed E-state index contributed by atoms with van der Waals surface area (Å²) in [6.45, 7) is 3.74. The Morgan fingerprint density at radius 3 is 2.30 bits per heavy atom. The van der Waals surface area contributed by atoms with Gasteiger partial charge in [-0.1, -0.05) is 31.9 Å². The lowest BCUT2D eigenvalue weighted by molar-refractivity contribution is 0.137. The van der Waals surface area contributed by atoms with Gasteiger partial charge in [0.15, 0.2) is 0 Å². The third-order valence-electron chi connectivity index (χ3n) is 1.31. The summed E-state index contributed by atoms with van der Waals surface area (Å²) in [5.74, 6) is 0.714. The van der Waals surface area contributed by atoms with Crippen molar-refractivity contribution in [1.82, 2.24) is 0 Å². The molecule has 0 aliphatic heterocycles. The first-order valence-electron chi connectivity index (χ1n) is 3.54. The summed E-state index contributed by atoms with van der Waals surface area (Å²) in [6.07, 6.45) is 1.14. The molecule has 0 radical (unpaired) electrons.